The molecule has 5 atom stereocenters. The van der Waals surface area contributed by atoms with Gasteiger partial charge in [0.2, 0.25) is 5.91 Å². The van der Waals surface area contributed by atoms with Crippen LogP contribution in [0.15, 0.2) is 41.9 Å². The van der Waals surface area contributed by atoms with Crippen LogP contribution in [0, 0.1) is 11.3 Å². The van der Waals surface area contributed by atoms with Crippen LogP contribution in [0.2, 0.25) is 0 Å². The Morgan fingerprint density at radius 2 is 1.95 bits per heavy atom. The number of hydrogen-bond donors (Lipinski definition) is 2. The SMILES string of the molecule is CCn1c(-c2cccnc2[C@H](C)OC)c2c3cc(ccc31)-c1csc(n1)C[C@H](NC(=O)[C@H](C(C)C)N(C)C(=O)N1CCO[C@H](C)C1)C(=O)N1CCC[C@H](N1)C(=O)OCC(C)(C)C2. The fraction of sp³-hybridized carbons (Fsp3) is 0.565. The number of ether oxygens (including phenoxy) is 3. The number of amides is 4. The van der Waals surface area contributed by atoms with E-state index < -0.39 is 41.3 Å². The quantitative estimate of drug-likeness (QED) is 0.201. The van der Waals surface area contributed by atoms with E-state index in [1.54, 1.807) is 25.3 Å². The van der Waals surface area contributed by atoms with E-state index in [1.807, 2.05) is 39.1 Å². The molecule has 3 aliphatic heterocycles. The van der Waals surface area contributed by atoms with Gasteiger partial charge in [0.15, 0.2) is 0 Å². The molecule has 334 valence electrons. The molecule has 15 nitrogen and oxygen atoms in total. The number of carbonyl (C=O) groups excluding carboxylic acids is 4. The summed E-state index contributed by atoms with van der Waals surface area (Å²) >= 11 is 1.42. The van der Waals surface area contributed by atoms with Crippen LogP contribution in [0.3, 0.4) is 0 Å². The molecule has 0 saturated carbocycles. The van der Waals surface area contributed by atoms with E-state index >= 15 is 0 Å². The van der Waals surface area contributed by atoms with Gasteiger partial charge in [-0.2, -0.15) is 0 Å². The van der Waals surface area contributed by atoms with E-state index in [4.69, 9.17) is 24.2 Å². The normalized spacial score (nSPS) is 21.9. The first-order chi connectivity index (χ1) is 29.6. The van der Waals surface area contributed by atoms with Gasteiger partial charge in [0.25, 0.3) is 5.91 Å². The van der Waals surface area contributed by atoms with E-state index in [1.165, 1.54) is 21.2 Å². The number of aromatic nitrogens is 3. The van der Waals surface area contributed by atoms with Gasteiger partial charge in [-0.05, 0) is 75.8 Å². The number of pyridine rings is 1. The number of hydrogen-bond acceptors (Lipinski definition) is 11. The predicted octanol–water partition coefficient (Wildman–Crippen LogP) is 6.00. The van der Waals surface area contributed by atoms with Crippen molar-refractivity contribution < 1.29 is 33.4 Å². The molecule has 62 heavy (non-hydrogen) atoms. The number of methoxy groups -OCH3 is 1. The summed E-state index contributed by atoms with van der Waals surface area (Å²) in [6.45, 7) is 16.5. The fourth-order valence-electron chi connectivity index (χ4n) is 9.08. The Morgan fingerprint density at radius 1 is 1.16 bits per heavy atom. The average molecular weight is 871 g/mol. The van der Waals surface area contributed by atoms with Crippen molar-refractivity contribution in [3.05, 3.63) is 58.2 Å². The third-order valence-electron chi connectivity index (χ3n) is 12.3. The number of likely N-dealkylation sites (N-methyl/N-ethyl adjacent to an activating group) is 1. The maximum Gasteiger partial charge on any atom is 0.324 e. The highest BCUT2D eigenvalue weighted by atomic mass is 32.1. The maximum atomic E-state index is 14.6. The van der Waals surface area contributed by atoms with Crippen LogP contribution in [0.1, 0.15) is 83.7 Å². The number of urea groups is 1. The Bertz CT molecular complexity index is 2290. The number of esters is 1. The minimum absolute atomic E-state index is 0.103. The molecule has 6 bridgehead atoms. The first-order valence-corrected chi connectivity index (χ1v) is 22.7. The van der Waals surface area contributed by atoms with Gasteiger partial charge < -0.3 is 33.9 Å². The summed E-state index contributed by atoms with van der Waals surface area (Å²) in [6.07, 6.45) is 3.16. The van der Waals surface area contributed by atoms with Crippen molar-refractivity contribution in [2.24, 2.45) is 11.3 Å². The number of nitrogens with one attached hydrogen (secondary N) is 2. The zero-order valence-corrected chi connectivity index (χ0v) is 38.3. The lowest BCUT2D eigenvalue weighted by molar-refractivity contribution is -0.155. The molecule has 3 aliphatic rings. The summed E-state index contributed by atoms with van der Waals surface area (Å²) in [5.41, 5.74) is 9.36. The zero-order valence-electron chi connectivity index (χ0n) is 37.5. The molecular weight excluding hydrogens is 809 g/mol. The molecule has 6 heterocycles. The predicted molar refractivity (Wildman–Crippen MR) is 238 cm³/mol. The van der Waals surface area contributed by atoms with Crippen LogP contribution in [0.5, 0.6) is 0 Å². The van der Waals surface area contributed by atoms with Crippen molar-refractivity contribution in [3.8, 4) is 22.5 Å². The third-order valence-corrected chi connectivity index (χ3v) is 13.2. The van der Waals surface area contributed by atoms with Gasteiger partial charge in [0.1, 0.15) is 18.1 Å². The Hall–Kier alpha value is -4.90. The second kappa shape index (κ2) is 18.8. The summed E-state index contributed by atoms with van der Waals surface area (Å²) in [5.74, 6) is -1.56. The van der Waals surface area contributed by atoms with Crippen LogP contribution >= 0.6 is 11.3 Å². The second-order valence-corrected chi connectivity index (χ2v) is 18.9. The van der Waals surface area contributed by atoms with Crippen LogP contribution in [-0.4, -0.2) is 124 Å². The Balaban J connectivity index is 1.29. The molecule has 0 spiro atoms. The number of morpholine rings is 1. The summed E-state index contributed by atoms with van der Waals surface area (Å²) in [5, 5.41) is 8.17. The lowest BCUT2D eigenvalue weighted by Crippen LogP contribution is -2.62. The van der Waals surface area contributed by atoms with E-state index in [2.05, 4.69) is 60.3 Å². The van der Waals surface area contributed by atoms with Gasteiger partial charge in [-0.1, -0.05) is 33.8 Å². The molecule has 1 aromatic carbocycles. The number of benzene rings is 1. The number of aryl methyl sites for hydroxylation is 1. The third kappa shape index (κ3) is 9.38. The summed E-state index contributed by atoms with van der Waals surface area (Å²) in [7, 11) is 3.32. The average Bonchev–Trinajstić information content (AvgIpc) is 3.85. The van der Waals surface area contributed by atoms with E-state index in [0.29, 0.717) is 57.1 Å². The monoisotopic (exact) mass is 870 g/mol. The molecule has 7 rings (SSSR count). The molecular formula is C46H62N8O7S. The molecule has 2 saturated heterocycles. The van der Waals surface area contributed by atoms with Crippen molar-refractivity contribution in [1.29, 1.82) is 0 Å². The van der Waals surface area contributed by atoms with Crippen molar-refractivity contribution in [2.45, 2.75) is 111 Å². The number of hydrazine groups is 1. The number of cyclic esters (lactones) is 1. The van der Waals surface area contributed by atoms with Gasteiger partial charge in [-0.15, -0.1) is 11.3 Å². The second-order valence-electron chi connectivity index (χ2n) is 18.0. The topological polar surface area (TPSA) is 160 Å². The van der Waals surface area contributed by atoms with Crippen molar-refractivity contribution in [3.63, 3.8) is 0 Å². The highest BCUT2D eigenvalue weighted by Crippen LogP contribution is 2.42. The van der Waals surface area contributed by atoms with Crippen LogP contribution in [0.25, 0.3) is 33.4 Å². The minimum Gasteiger partial charge on any atom is -0.464 e. The van der Waals surface area contributed by atoms with Crippen molar-refractivity contribution in [1.82, 2.24) is 40.1 Å². The number of nitrogens with zero attached hydrogens (tertiary/aromatic N) is 6. The highest BCUT2D eigenvalue weighted by Gasteiger charge is 2.39. The van der Waals surface area contributed by atoms with Gasteiger partial charge in [-0.3, -0.25) is 24.4 Å². The first-order valence-electron chi connectivity index (χ1n) is 21.9. The molecule has 0 aliphatic carbocycles. The highest BCUT2D eigenvalue weighted by molar-refractivity contribution is 7.10. The summed E-state index contributed by atoms with van der Waals surface area (Å²) in [6, 6.07) is 7.49. The fourth-order valence-corrected chi connectivity index (χ4v) is 9.93. The lowest BCUT2D eigenvalue weighted by atomic mass is 9.84. The van der Waals surface area contributed by atoms with Crippen LogP contribution < -0.4 is 10.7 Å². The first kappa shape index (κ1) is 45.1. The Labute approximate surface area is 368 Å². The van der Waals surface area contributed by atoms with Crippen molar-refractivity contribution >= 4 is 46.1 Å². The van der Waals surface area contributed by atoms with Gasteiger partial charge in [0, 0.05) is 85.8 Å². The number of thiazole rings is 1. The van der Waals surface area contributed by atoms with Crippen molar-refractivity contribution in [2.75, 3.05) is 47.0 Å². The maximum absolute atomic E-state index is 14.6. The van der Waals surface area contributed by atoms with Gasteiger partial charge in [0.05, 0.1) is 47.5 Å². The molecule has 0 radical (unpaired) electrons. The molecule has 3 aromatic heterocycles. The molecule has 16 heteroatoms. The summed E-state index contributed by atoms with van der Waals surface area (Å²) in [4.78, 5) is 69.5. The molecule has 2 fully saturated rings. The zero-order chi connectivity index (χ0) is 44.5. The largest absolute Gasteiger partial charge is 0.464 e. The van der Waals surface area contributed by atoms with Gasteiger partial charge in [-0.25, -0.2) is 15.2 Å². The Morgan fingerprint density at radius 3 is 2.68 bits per heavy atom. The smallest absolute Gasteiger partial charge is 0.324 e. The van der Waals surface area contributed by atoms with Crippen LogP contribution in [0.4, 0.5) is 4.79 Å². The number of fused-ring (bicyclic) bond motifs is 6. The van der Waals surface area contributed by atoms with E-state index in [0.717, 1.165) is 44.7 Å². The Kier molecular flexibility index (Phi) is 13.7. The number of rotatable bonds is 8. The number of carbonyl (C=O) groups is 4. The molecule has 0 unspecified atom stereocenters. The van der Waals surface area contributed by atoms with E-state index in [9.17, 15) is 19.2 Å². The minimum atomic E-state index is -1.05. The lowest BCUT2D eigenvalue weighted by Gasteiger charge is -2.38. The molecule has 4 aromatic rings. The molecule has 2 N–H and O–H groups in total. The molecule has 4 amide bonds. The van der Waals surface area contributed by atoms with Gasteiger partial charge >= 0.3 is 12.0 Å². The standard InChI is InChI=1S/C46H62N8O7S/c1-10-53-37-16-15-30-21-32(37)33(41(53)31-13-11-17-47-39(31)29(5)59-9)23-46(6,7)26-61-44(57)34-14-12-18-54(50-34)43(56)35(22-38-48-36(30)25-62-38)49-42(55)40(27(2)3)51(8)45(58)52-19-20-60-28(4)24-52/h11,13,15-17,21,25,27-29,34-35,40,50H,10,12,14,18-20,22-24,26H2,1-9H3,(H,49,55)/t28-,29+,34+,35+,40+/m1/s1. The van der Waals surface area contributed by atoms with E-state index in [-0.39, 0.29) is 37.2 Å². The van der Waals surface area contributed by atoms with Crippen LogP contribution in [-0.2, 0) is 48.0 Å². The summed E-state index contributed by atoms with van der Waals surface area (Å²) < 4.78 is 19.9.